The second-order valence-corrected chi connectivity index (χ2v) is 9.43. The summed E-state index contributed by atoms with van der Waals surface area (Å²) in [7, 11) is 1.63. The standard InChI is InChI=1S/C23H27N5O4/c1-14(2)32-20-16(19(29)24-17-6-5-9-27(4)21(17)30)10-15-11-28(26-18(15)25-20)23-8-7-22(3,12-23)31-13-23/h5-6,9-11,14H,7-8,12-13H2,1-4H3,(H,24,29)/t22-,23-/m1/s1. The monoisotopic (exact) mass is 437 g/mol. The number of ether oxygens (including phenoxy) is 2. The fourth-order valence-electron chi connectivity index (χ4n) is 4.73. The van der Waals surface area contributed by atoms with Crippen molar-refractivity contribution in [3.05, 3.63) is 46.5 Å². The van der Waals surface area contributed by atoms with Crippen LogP contribution in [-0.4, -0.2) is 43.6 Å². The molecule has 4 heterocycles. The van der Waals surface area contributed by atoms with E-state index >= 15 is 0 Å². The van der Waals surface area contributed by atoms with Crippen LogP contribution >= 0.6 is 0 Å². The zero-order valence-corrected chi connectivity index (χ0v) is 18.7. The third-order valence-electron chi connectivity index (χ3n) is 6.42. The van der Waals surface area contributed by atoms with Crippen LogP contribution in [0.2, 0.25) is 0 Å². The number of nitrogens with zero attached hydrogens (tertiary/aromatic N) is 4. The Hall–Kier alpha value is -3.20. The molecule has 1 saturated carbocycles. The predicted molar refractivity (Wildman–Crippen MR) is 119 cm³/mol. The van der Waals surface area contributed by atoms with Crippen LogP contribution < -0.4 is 15.6 Å². The first-order valence-corrected chi connectivity index (χ1v) is 10.9. The maximum Gasteiger partial charge on any atom is 0.274 e. The Labute approximate surface area is 185 Å². The molecule has 0 unspecified atom stereocenters. The van der Waals surface area contributed by atoms with Crippen molar-refractivity contribution in [2.45, 2.75) is 57.3 Å². The number of aryl methyl sites for hydroxylation is 1. The van der Waals surface area contributed by atoms with Gasteiger partial charge in [0, 0.05) is 31.2 Å². The molecule has 1 N–H and O–H groups in total. The summed E-state index contributed by atoms with van der Waals surface area (Å²) in [5.41, 5.74) is 0.408. The van der Waals surface area contributed by atoms with E-state index in [1.165, 1.54) is 4.57 Å². The van der Waals surface area contributed by atoms with Crippen molar-refractivity contribution < 1.29 is 14.3 Å². The smallest absolute Gasteiger partial charge is 0.274 e. The molecule has 9 nitrogen and oxygen atoms in total. The lowest BCUT2D eigenvalue weighted by Crippen LogP contribution is -2.33. The van der Waals surface area contributed by atoms with Crippen LogP contribution in [0.3, 0.4) is 0 Å². The van der Waals surface area contributed by atoms with E-state index in [9.17, 15) is 9.59 Å². The van der Waals surface area contributed by atoms with Crippen molar-refractivity contribution in [2.75, 3.05) is 11.9 Å². The summed E-state index contributed by atoms with van der Waals surface area (Å²) in [6, 6.07) is 5.00. The van der Waals surface area contributed by atoms with Crippen molar-refractivity contribution in [2.24, 2.45) is 7.05 Å². The molecule has 1 aliphatic heterocycles. The summed E-state index contributed by atoms with van der Waals surface area (Å²) in [6.45, 7) is 6.51. The number of hydrogen-bond acceptors (Lipinski definition) is 6. The minimum absolute atomic E-state index is 0.0929. The van der Waals surface area contributed by atoms with E-state index in [1.807, 2.05) is 24.7 Å². The largest absolute Gasteiger partial charge is 0.474 e. The van der Waals surface area contributed by atoms with Gasteiger partial charge in [0.2, 0.25) is 5.88 Å². The first-order valence-electron chi connectivity index (χ1n) is 10.9. The molecule has 1 saturated heterocycles. The molecule has 9 heteroatoms. The maximum absolute atomic E-state index is 13.1. The Morgan fingerprint density at radius 2 is 2.16 bits per heavy atom. The van der Waals surface area contributed by atoms with Gasteiger partial charge in [-0.1, -0.05) is 0 Å². The van der Waals surface area contributed by atoms with Gasteiger partial charge in [-0.3, -0.25) is 14.3 Å². The maximum atomic E-state index is 13.1. The summed E-state index contributed by atoms with van der Waals surface area (Å²) in [4.78, 5) is 30.0. The normalized spacial score (nSPS) is 24.4. The predicted octanol–water partition coefficient (Wildman–Crippen LogP) is 2.84. The molecule has 2 bridgehead atoms. The minimum atomic E-state index is -0.457. The molecule has 1 amide bonds. The molecule has 3 aromatic rings. The second kappa shape index (κ2) is 7.16. The molecule has 3 aromatic heterocycles. The summed E-state index contributed by atoms with van der Waals surface area (Å²) in [5.74, 6) is -0.263. The van der Waals surface area contributed by atoms with Gasteiger partial charge in [-0.15, -0.1) is 0 Å². The third-order valence-corrected chi connectivity index (χ3v) is 6.42. The number of nitrogens with one attached hydrogen (secondary N) is 1. The van der Waals surface area contributed by atoms with Gasteiger partial charge >= 0.3 is 0 Å². The Balaban J connectivity index is 1.54. The fraction of sp³-hybridized carbons (Fsp3) is 0.478. The Morgan fingerprint density at radius 1 is 1.34 bits per heavy atom. The van der Waals surface area contributed by atoms with Gasteiger partial charge in [0.05, 0.1) is 23.9 Å². The molecule has 5 rings (SSSR count). The van der Waals surface area contributed by atoms with E-state index in [0.29, 0.717) is 12.3 Å². The summed E-state index contributed by atoms with van der Waals surface area (Å²) in [6.07, 6.45) is 6.28. The molecular formula is C23H27N5O4. The van der Waals surface area contributed by atoms with Crippen LogP contribution in [0.4, 0.5) is 5.69 Å². The Bertz CT molecular complexity index is 1270. The topological polar surface area (TPSA) is 100 Å². The van der Waals surface area contributed by atoms with E-state index < -0.39 is 5.91 Å². The first kappa shape index (κ1) is 20.7. The highest BCUT2D eigenvalue weighted by Crippen LogP contribution is 2.51. The van der Waals surface area contributed by atoms with Crippen LogP contribution in [0.15, 0.2) is 35.4 Å². The average molecular weight is 438 g/mol. The van der Waals surface area contributed by atoms with Crippen LogP contribution in [-0.2, 0) is 17.3 Å². The molecule has 1 aliphatic carbocycles. The van der Waals surface area contributed by atoms with Crippen molar-refractivity contribution in [3.8, 4) is 5.88 Å². The van der Waals surface area contributed by atoms with Gasteiger partial charge < -0.3 is 19.4 Å². The zero-order valence-electron chi connectivity index (χ0n) is 18.7. The number of fused-ring (bicyclic) bond motifs is 3. The second-order valence-electron chi connectivity index (χ2n) is 9.43. The molecule has 2 aliphatic rings. The van der Waals surface area contributed by atoms with E-state index in [4.69, 9.17) is 14.6 Å². The molecule has 0 aromatic carbocycles. The summed E-state index contributed by atoms with van der Waals surface area (Å²) < 4.78 is 15.2. The number of pyridine rings is 2. The molecule has 168 valence electrons. The van der Waals surface area contributed by atoms with E-state index in [0.717, 1.165) is 24.6 Å². The van der Waals surface area contributed by atoms with Crippen molar-refractivity contribution in [3.63, 3.8) is 0 Å². The Kier molecular flexibility index (Phi) is 4.63. The molecule has 0 spiro atoms. The Morgan fingerprint density at radius 3 is 2.81 bits per heavy atom. The number of hydrogen-bond donors (Lipinski definition) is 1. The molecular weight excluding hydrogens is 410 g/mol. The summed E-state index contributed by atoms with van der Waals surface area (Å²) >= 11 is 0. The van der Waals surface area contributed by atoms with Gasteiger partial charge in [-0.2, -0.15) is 10.1 Å². The lowest BCUT2D eigenvalue weighted by Gasteiger charge is -2.26. The van der Waals surface area contributed by atoms with Gasteiger partial charge in [-0.25, -0.2) is 0 Å². The number of carbonyl (C=O) groups excluding carboxylic acids is 1. The highest BCUT2D eigenvalue weighted by molar-refractivity contribution is 6.07. The molecule has 32 heavy (non-hydrogen) atoms. The number of carbonyl (C=O) groups is 1. The number of rotatable bonds is 5. The van der Waals surface area contributed by atoms with E-state index in [2.05, 4.69) is 17.2 Å². The van der Waals surface area contributed by atoms with Crippen LogP contribution in [0, 0.1) is 0 Å². The zero-order chi connectivity index (χ0) is 22.7. The summed E-state index contributed by atoms with van der Waals surface area (Å²) in [5, 5.41) is 8.17. The molecule has 2 atom stereocenters. The van der Waals surface area contributed by atoms with Crippen LogP contribution in [0.25, 0.3) is 11.0 Å². The van der Waals surface area contributed by atoms with Crippen molar-refractivity contribution in [1.82, 2.24) is 19.3 Å². The average Bonchev–Trinajstić information content (AvgIpc) is 3.41. The number of anilines is 1. The quantitative estimate of drug-likeness (QED) is 0.659. The third kappa shape index (κ3) is 3.37. The first-order chi connectivity index (χ1) is 15.2. The number of aromatic nitrogens is 4. The lowest BCUT2D eigenvalue weighted by atomic mass is 9.99. The van der Waals surface area contributed by atoms with Gasteiger partial charge in [0.15, 0.2) is 5.65 Å². The van der Waals surface area contributed by atoms with Gasteiger partial charge in [0.1, 0.15) is 11.3 Å². The van der Waals surface area contributed by atoms with E-state index in [-0.39, 0.29) is 39.9 Å². The fourth-order valence-corrected chi connectivity index (χ4v) is 4.73. The lowest BCUT2D eigenvalue weighted by molar-refractivity contribution is -0.0149. The highest BCUT2D eigenvalue weighted by atomic mass is 16.5. The molecule has 2 fully saturated rings. The van der Waals surface area contributed by atoms with Gasteiger partial charge in [-0.05, 0) is 51.8 Å². The highest BCUT2D eigenvalue weighted by Gasteiger charge is 2.55. The molecule has 0 radical (unpaired) electrons. The SMILES string of the molecule is CC(C)Oc1nc2nn([C@]34CC[C@](C)(C3)OC4)cc2cc1C(=O)Nc1cccn(C)c1=O. The van der Waals surface area contributed by atoms with Crippen molar-refractivity contribution >= 4 is 22.6 Å². The number of amides is 1. The van der Waals surface area contributed by atoms with Crippen molar-refractivity contribution in [1.29, 1.82) is 0 Å². The van der Waals surface area contributed by atoms with Crippen LogP contribution in [0.5, 0.6) is 5.88 Å². The minimum Gasteiger partial charge on any atom is -0.474 e. The van der Waals surface area contributed by atoms with E-state index in [1.54, 1.807) is 31.4 Å². The van der Waals surface area contributed by atoms with Gasteiger partial charge in [0.25, 0.3) is 11.5 Å². The van der Waals surface area contributed by atoms with Crippen LogP contribution in [0.1, 0.15) is 50.4 Å².